The van der Waals surface area contributed by atoms with Gasteiger partial charge in [0.05, 0.1) is 18.9 Å². The zero-order valence-corrected chi connectivity index (χ0v) is 14.4. The molecular weight excluding hydrogens is 304 g/mol. The third kappa shape index (κ3) is 1.98. The van der Waals surface area contributed by atoms with Gasteiger partial charge in [-0.2, -0.15) is 5.10 Å². The van der Waals surface area contributed by atoms with Crippen molar-refractivity contribution in [2.75, 3.05) is 19.8 Å². The number of hydrogen-bond acceptors (Lipinski definition) is 5. The molecule has 0 aromatic rings. The van der Waals surface area contributed by atoms with E-state index in [1.165, 1.54) is 31.4 Å². The molecule has 130 valence electrons. The van der Waals surface area contributed by atoms with Gasteiger partial charge in [-0.1, -0.05) is 13.3 Å². The average molecular weight is 330 g/mol. The average Bonchev–Trinajstić information content (AvgIpc) is 3.51. The summed E-state index contributed by atoms with van der Waals surface area (Å²) >= 11 is 0. The molecular formula is C18H26N4O2. The van der Waals surface area contributed by atoms with Gasteiger partial charge in [-0.05, 0) is 38.0 Å². The van der Waals surface area contributed by atoms with Crippen LogP contribution >= 0.6 is 0 Å². The van der Waals surface area contributed by atoms with E-state index in [0.29, 0.717) is 6.61 Å². The summed E-state index contributed by atoms with van der Waals surface area (Å²) in [5.41, 5.74) is 5.79. The standard InChI is InChI=1S/C18H26N4O2/c1-2-3-9-21-14-11-24-10-6-13(14)22-15(16(21)23)19-20-17(22)18(7-8-18)12-4-5-12/h12,15,19H,2-11H2,1H3. The Hall–Kier alpha value is -1.56. The smallest absolute Gasteiger partial charge is 0.272 e. The van der Waals surface area contributed by atoms with E-state index in [0.717, 1.165) is 49.9 Å². The molecule has 2 aliphatic carbocycles. The van der Waals surface area contributed by atoms with Crippen LogP contribution in [0.4, 0.5) is 0 Å². The van der Waals surface area contributed by atoms with Crippen LogP contribution in [-0.2, 0) is 9.53 Å². The Morgan fingerprint density at radius 1 is 1.33 bits per heavy atom. The first kappa shape index (κ1) is 14.8. The molecule has 6 nitrogen and oxygen atoms in total. The van der Waals surface area contributed by atoms with Crippen LogP contribution in [0, 0.1) is 11.3 Å². The highest BCUT2D eigenvalue weighted by atomic mass is 16.5. The molecule has 2 fully saturated rings. The van der Waals surface area contributed by atoms with Crippen molar-refractivity contribution in [3.63, 3.8) is 0 Å². The van der Waals surface area contributed by atoms with Crippen molar-refractivity contribution in [2.24, 2.45) is 16.4 Å². The zero-order chi connectivity index (χ0) is 16.3. The van der Waals surface area contributed by atoms with Crippen LogP contribution in [0.5, 0.6) is 0 Å². The molecule has 2 saturated carbocycles. The molecule has 0 spiro atoms. The third-order valence-corrected chi connectivity index (χ3v) is 6.28. The van der Waals surface area contributed by atoms with E-state index >= 15 is 0 Å². The lowest BCUT2D eigenvalue weighted by molar-refractivity contribution is -0.137. The first-order valence-electron chi connectivity index (χ1n) is 9.50. The van der Waals surface area contributed by atoms with Gasteiger partial charge >= 0.3 is 0 Å². The van der Waals surface area contributed by atoms with E-state index in [1.807, 2.05) is 4.90 Å². The summed E-state index contributed by atoms with van der Waals surface area (Å²) in [6.45, 7) is 4.24. The Balaban J connectivity index is 1.52. The molecule has 0 aromatic carbocycles. The van der Waals surface area contributed by atoms with E-state index in [2.05, 4.69) is 17.2 Å². The Morgan fingerprint density at radius 3 is 2.88 bits per heavy atom. The fourth-order valence-corrected chi connectivity index (χ4v) is 4.64. The quantitative estimate of drug-likeness (QED) is 0.838. The predicted octanol–water partition coefficient (Wildman–Crippen LogP) is 2.00. The van der Waals surface area contributed by atoms with E-state index in [9.17, 15) is 4.79 Å². The number of amidine groups is 1. The number of hydrogen-bond donors (Lipinski definition) is 1. The van der Waals surface area contributed by atoms with Gasteiger partial charge in [-0.15, -0.1) is 0 Å². The normalized spacial score (nSPS) is 30.8. The predicted molar refractivity (Wildman–Crippen MR) is 89.7 cm³/mol. The van der Waals surface area contributed by atoms with E-state index in [4.69, 9.17) is 9.84 Å². The number of nitrogens with zero attached hydrogens (tertiary/aromatic N) is 3. The first-order chi connectivity index (χ1) is 11.8. The number of rotatable bonds is 5. The lowest BCUT2D eigenvalue weighted by Crippen LogP contribution is -2.58. The van der Waals surface area contributed by atoms with Crippen LogP contribution in [0.3, 0.4) is 0 Å². The van der Waals surface area contributed by atoms with E-state index < -0.39 is 0 Å². The van der Waals surface area contributed by atoms with Crippen LogP contribution in [-0.4, -0.2) is 47.5 Å². The Kier molecular flexibility index (Phi) is 3.21. The largest absolute Gasteiger partial charge is 0.375 e. The molecule has 1 atom stereocenters. The molecule has 6 heteroatoms. The van der Waals surface area contributed by atoms with Crippen LogP contribution in [0.1, 0.15) is 51.9 Å². The van der Waals surface area contributed by atoms with Crippen molar-refractivity contribution in [1.29, 1.82) is 0 Å². The second-order valence-electron chi connectivity index (χ2n) is 7.81. The minimum atomic E-state index is -0.329. The third-order valence-electron chi connectivity index (χ3n) is 6.28. The lowest BCUT2D eigenvalue weighted by atomic mass is 9.95. The van der Waals surface area contributed by atoms with Crippen molar-refractivity contribution >= 4 is 11.7 Å². The summed E-state index contributed by atoms with van der Waals surface area (Å²) in [5, 5.41) is 4.70. The maximum atomic E-state index is 13.1. The number of carbonyl (C=O) groups is 1. The fourth-order valence-electron chi connectivity index (χ4n) is 4.64. The highest BCUT2D eigenvalue weighted by molar-refractivity contribution is 6.00. The van der Waals surface area contributed by atoms with Crippen molar-refractivity contribution < 1.29 is 9.53 Å². The number of nitrogens with one attached hydrogen (secondary N) is 1. The zero-order valence-electron chi connectivity index (χ0n) is 14.4. The summed E-state index contributed by atoms with van der Waals surface area (Å²) < 4.78 is 5.70. The van der Waals surface area contributed by atoms with Crippen molar-refractivity contribution in [3.05, 3.63) is 11.4 Å². The van der Waals surface area contributed by atoms with Gasteiger partial charge in [0, 0.05) is 24.1 Å². The molecule has 3 aliphatic heterocycles. The number of fused-ring (bicyclic) bond motifs is 2. The molecule has 1 unspecified atom stereocenters. The highest BCUT2D eigenvalue weighted by Crippen LogP contribution is 2.63. The number of unbranched alkanes of at least 4 members (excludes halogenated alkanes) is 1. The molecule has 0 saturated heterocycles. The van der Waals surface area contributed by atoms with Crippen LogP contribution in [0.25, 0.3) is 0 Å². The van der Waals surface area contributed by atoms with E-state index in [-0.39, 0.29) is 17.5 Å². The van der Waals surface area contributed by atoms with Crippen LogP contribution < -0.4 is 5.43 Å². The van der Waals surface area contributed by atoms with Crippen molar-refractivity contribution in [3.8, 4) is 0 Å². The van der Waals surface area contributed by atoms with Gasteiger partial charge in [0.1, 0.15) is 5.84 Å². The maximum absolute atomic E-state index is 13.1. The van der Waals surface area contributed by atoms with Gasteiger partial charge in [0.25, 0.3) is 5.91 Å². The van der Waals surface area contributed by atoms with Crippen LogP contribution in [0.15, 0.2) is 16.5 Å². The van der Waals surface area contributed by atoms with Gasteiger partial charge in [0.2, 0.25) is 6.17 Å². The van der Waals surface area contributed by atoms with Gasteiger partial charge < -0.3 is 9.64 Å². The van der Waals surface area contributed by atoms with Gasteiger partial charge in [0.15, 0.2) is 0 Å². The molecule has 0 bridgehead atoms. The van der Waals surface area contributed by atoms with Gasteiger partial charge in [-0.25, -0.2) is 0 Å². The number of hydrazone groups is 1. The molecule has 1 N–H and O–H groups in total. The number of ether oxygens (including phenoxy) is 1. The molecule has 5 rings (SSSR count). The number of amides is 1. The molecule has 3 heterocycles. The minimum absolute atomic E-state index is 0.137. The molecule has 0 radical (unpaired) electrons. The Labute approximate surface area is 142 Å². The highest BCUT2D eigenvalue weighted by Gasteiger charge is 2.62. The molecule has 5 aliphatic rings. The Bertz CT molecular complexity index is 633. The van der Waals surface area contributed by atoms with Crippen LogP contribution in [0.2, 0.25) is 0 Å². The van der Waals surface area contributed by atoms with Crippen molar-refractivity contribution in [2.45, 2.75) is 58.0 Å². The molecule has 0 aromatic heterocycles. The monoisotopic (exact) mass is 330 g/mol. The minimum Gasteiger partial charge on any atom is -0.375 e. The molecule has 24 heavy (non-hydrogen) atoms. The Morgan fingerprint density at radius 2 is 2.17 bits per heavy atom. The lowest BCUT2D eigenvalue weighted by Gasteiger charge is -2.43. The summed E-state index contributed by atoms with van der Waals surface area (Å²) in [5.74, 6) is 2.07. The summed E-state index contributed by atoms with van der Waals surface area (Å²) in [6, 6.07) is 0. The van der Waals surface area contributed by atoms with Gasteiger partial charge in [-0.3, -0.25) is 15.1 Å². The number of carbonyl (C=O) groups excluding carboxylic acids is 1. The van der Waals surface area contributed by atoms with Crippen molar-refractivity contribution in [1.82, 2.24) is 15.2 Å². The summed E-state index contributed by atoms with van der Waals surface area (Å²) in [7, 11) is 0. The summed E-state index contributed by atoms with van der Waals surface area (Å²) in [6.07, 6.45) is 7.76. The molecule has 1 amide bonds. The second kappa shape index (κ2) is 5.22. The topological polar surface area (TPSA) is 57.2 Å². The SMILES string of the molecule is CCCCN1C(=O)C2NN=C(C3(C4CC4)CC3)N2C2=C1COCC2. The fraction of sp³-hybridized carbons (Fsp3) is 0.778. The maximum Gasteiger partial charge on any atom is 0.272 e. The second-order valence-corrected chi connectivity index (χ2v) is 7.81. The summed E-state index contributed by atoms with van der Waals surface area (Å²) in [4.78, 5) is 17.3. The van der Waals surface area contributed by atoms with E-state index in [1.54, 1.807) is 0 Å². The first-order valence-corrected chi connectivity index (χ1v) is 9.50.